The van der Waals surface area contributed by atoms with E-state index >= 15 is 0 Å². The summed E-state index contributed by atoms with van der Waals surface area (Å²) in [7, 11) is 0. The van der Waals surface area contributed by atoms with Crippen molar-refractivity contribution in [2.45, 2.75) is 39.3 Å². The average molecular weight is 304 g/mol. The monoisotopic (exact) mass is 304 g/mol. The molecule has 0 bridgehead atoms. The molecule has 22 heavy (non-hydrogen) atoms. The van der Waals surface area contributed by atoms with Crippen molar-refractivity contribution in [3.63, 3.8) is 0 Å². The number of amides is 1. The third kappa shape index (κ3) is 5.44. The molecular formula is C16H20N2O4. The summed E-state index contributed by atoms with van der Waals surface area (Å²) < 4.78 is 5.45. The molecule has 0 heterocycles. The van der Waals surface area contributed by atoms with Gasteiger partial charge in [0.2, 0.25) is 0 Å². The third-order valence-electron chi connectivity index (χ3n) is 2.99. The van der Waals surface area contributed by atoms with Crippen molar-refractivity contribution in [2.75, 3.05) is 0 Å². The molecule has 0 spiro atoms. The molecule has 0 aromatic heterocycles. The van der Waals surface area contributed by atoms with E-state index in [1.807, 2.05) is 19.9 Å². The van der Waals surface area contributed by atoms with Crippen LogP contribution in [0.15, 0.2) is 24.3 Å². The van der Waals surface area contributed by atoms with Gasteiger partial charge in [-0.15, -0.1) is 0 Å². The molecule has 0 radical (unpaired) electrons. The Labute approximate surface area is 129 Å². The van der Waals surface area contributed by atoms with E-state index in [0.717, 1.165) is 0 Å². The number of aliphatic carboxylic acids is 1. The number of carbonyl (C=O) groups excluding carboxylic acids is 1. The van der Waals surface area contributed by atoms with Crippen molar-refractivity contribution in [2.24, 2.45) is 5.92 Å². The maximum atomic E-state index is 12.0. The number of nitriles is 1. The quantitative estimate of drug-likeness (QED) is 0.802. The fourth-order valence-electron chi connectivity index (χ4n) is 1.85. The zero-order chi connectivity index (χ0) is 16.7. The van der Waals surface area contributed by atoms with Crippen LogP contribution < -0.4 is 10.1 Å². The molecule has 1 amide bonds. The van der Waals surface area contributed by atoms with Gasteiger partial charge in [0, 0.05) is 0 Å². The number of benzene rings is 1. The van der Waals surface area contributed by atoms with Crippen LogP contribution in [0.5, 0.6) is 5.75 Å². The molecule has 0 saturated heterocycles. The predicted octanol–water partition coefficient (Wildman–Crippen LogP) is 1.94. The average Bonchev–Trinajstić information content (AvgIpc) is 2.46. The Balaban J connectivity index is 2.63. The number of nitrogens with zero attached hydrogens (tertiary/aromatic N) is 1. The van der Waals surface area contributed by atoms with E-state index in [2.05, 4.69) is 5.32 Å². The predicted molar refractivity (Wildman–Crippen MR) is 80.3 cm³/mol. The van der Waals surface area contributed by atoms with Gasteiger partial charge in [-0.25, -0.2) is 4.79 Å². The molecule has 1 unspecified atom stereocenters. The minimum absolute atomic E-state index is 0.149. The number of rotatable bonds is 7. The van der Waals surface area contributed by atoms with Gasteiger partial charge in [-0.2, -0.15) is 5.26 Å². The van der Waals surface area contributed by atoms with Crippen molar-refractivity contribution in [3.05, 3.63) is 29.8 Å². The van der Waals surface area contributed by atoms with E-state index in [1.54, 1.807) is 31.2 Å². The highest BCUT2D eigenvalue weighted by atomic mass is 16.5. The van der Waals surface area contributed by atoms with E-state index < -0.39 is 24.0 Å². The first-order valence-corrected chi connectivity index (χ1v) is 7.03. The van der Waals surface area contributed by atoms with Crippen molar-refractivity contribution < 1.29 is 19.4 Å². The van der Waals surface area contributed by atoms with Gasteiger partial charge in [0.15, 0.2) is 6.10 Å². The Morgan fingerprint density at radius 3 is 2.32 bits per heavy atom. The van der Waals surface area contributed by atoms with Gasteiger partial charge in [-0.1, -0.05) is 13.8 Å². The SMILES string of the molecule is CC(C)C[C@H](NC(=O)C(C)Oc1ccc(C#N)cc1)C(=O)O. The summed E-state index contributed by atoms with van der Waals surface area (Å²) in [6.45, 7) is 5.32. The van der Waals surface area contributed by atoms with Crippen LogP contribution in [0.2, 0.25) is 0 Å². The van der Waals surface area contributed by atoms with Gasteiger partial charge in [-0.05, 0) is 43.5 Å². The minimum Gasteiger partial charge on any atom is -0.481 e. The van der Waals surface area contributed by atoms with Crippen molar-refractivity contribution in [3.8, 4) is 11.8 Å². The van der Waals surface area contributed by atoms with Crippen LogP contribution in [0.1, 0.15) is 32.8 Å². The first kappa shape index (κ1) is 17.5. The van der Waals surface area contributed by atoms with Gasteiger partial charge in [0.25, 0.3) is 5.91 Å². The Hall–Kier alpha value is -2.55. The Kier molecular flexibility index (Phi) is 6.39. The van der Waals surface area contributed by atoms with Crippen LogP contribution in [0, 0.1) is 17.2 Å². The lowest BCUT2D eigenvalue weighted by molar-refractivity contribution is -0.143. The molecule has 1 rings (SSSR count). The van der Waals surface area contributed by atoms with Gasteiger partial charge in [0.05, 0.1) is 11.6 Å². The van der Waals surface area contributed by atoms with Gasteiger partial charge >= 0.3 is 5.97 Å². The Morgan fingerprint density at radius 2 is 1.86 bits per heavy atom. The smallest absolute Gasteiger partial charge is 0.326 e. The lowest BCUT2D eigenvalue weighted by atomic mass is 10.0. The maximum absolute atomic E-state index is 12.0. The van der Waals surface area contributed by atoms with E-state index in [0.29, 0.717) is 17.7 Å². The topological polar surface area (TPSA) is 99.4 Å². The van der Waals surface area contributed by atoms with Gasteiger partial charge in [0.1, 0.15) is 11.8 Å². The fourth-order valence-corrected chi connectivity index (χ4v) is 1.85. The summed E-state index contributed by atoms with van der Waals surface area (Å²) in [5.41, 5.74) is 0.493. The molecule has 6 nitrogen and oxygen atoms in total. The zero-order valence-electron chi connectivity index (χ0n) is 12.9. The van der Waals surface area contributed by atoms with E-state index in [4.69, 9.17) is 15.1 Å². The second-order valence-electron chi connectivity index (χ2n) is 5.43. The highest BCUT2D eigenvalue weighted by Crippen LogP contribution is 2.14. The second kappa shape index (κ2) is 8.03. The number of carboxylic acids is 1. The molecular weight excluding hydrogens is 284 g/mol. The second-order valence-corrected chi connectivity index (χ2v) is 5.43. The fraction of sp³-hybridized carbons (Fsp3) is 0.438. The standard InChI is InChI=1S/C16H20N2O4/c1-10(2)8-14(16(20)21)18-15(19)11(3)22-13-6-4-12(9-17)5-7-13/h4-7,10-11,14H,8H2,1-3H3,(H,18,19)(H,20,21)/t11?,14-/m0/s1. The zero-order valence-corrected chi connectivity index (χ0v) is 12.9. The van der Waals surface area contributed by atoms with E-state index in [-0.39, 0.29) is 5.92 Å². The highest BCUT2D eigenvalue weighted by molar-refractivity contribution is 5.86. The Morgan fingerprint density at radius 1 is 1.27 bits per heavy atom. The molecule has 0 saturated carbocycles. The molecule has 2 atom stereocenters. The first-order chi connectivity index (χ1) is 10.3. The van der Waals surface area contributed by atoms with Crippen molar-refractivity contribution in [1.29, 1.82) is 5.26 Å². The largest absolute Gasteiger partial charge is 0.481 e. The summed E-state index contributed by atoms with van der Waals surface area (Å²) in [5.74, 6) is -0.960. The summed E-state index contributed by atoms with van der Waals surface area (Å²) in [4.78, 5) is 23.2. The first-order valence-electron chi connectivity index (χ1n) is 7.03. The molecule has 118 valence electrons. The molecule has 1 aromatic rings. The summed E-state index contributed by atoms with van der Waals surface area (Å²) in [6.07, 6.45) is -0.480. The molecule has 0 aliphatic heterocycles. The highest BCUT2D eigenvalue weighted by Gasteiger charge is 2.24. The van der Waals surface area contributed by atoms with Crippen LogP contribution in [0.3, 0.4) is 0 Å². The number of hydrogen-bond acceptors (Lipinski definition) is 4. The molecule has 0 aliphatic carbocycles. The van der Waals surface area contributed by atoms with Crippen LogP contribution in [-0.2, 0) is 9.59 Å². The van der Waals surface area contributed by atoms with E-state index in [1.165, 1.54) is 0 Å². The normalized spacial score (nSPS) is 13.0. The number of ether oxygens (including phenoxy) is 1. The Bertz CT molecular complexity index is 561. The van der Waals surface area contributed by atoms with E-state index in [9.17, 15) is 9.59 Å². The van der Waals surface area contributed by atoms with Crippen LogP contribution in [-0.4, -0.2) is 29.1 Å². The van der Waals surface area contributed by atoms with Crippen LogP contribution in [0.4, 0.5) is 0 Å². The van der Waals surface area contributed by atoms with Crippen molar-refractivity contribution >= 4 is 11.9 Å². The summed E-state index contributed by atoms with van der Waals surface area (Å²) in [5, 5.41) is 20.3. The third-order valence-corrected chi connectivity index (χ3v) is 2.99. The molecule has 1 aromatic carbocycles. The van der Waals surface area contributed by atoms with Gasteiger partial charge in [-0.3, -0.25) is 4.79 Å². The van der Waals surface area contributed by atoms with Crippen LogP contribution in [0.25, 0.3) is 0 Å². The summed E-state index contributed by atoms with van der Waals surface area (Å²) in [6, 6.07) is 7.40. The minimum atomic E-state index is -1.06. The lowest BCUT2D eigenvalue weighted by Gasteiger charge is -2.20. The number of hydrogen-bond donors (Lipinski definition) is 2. The van der Waals surface area contributed by atoms with Crippen molar-refractivity contribution in [1.82, 2.24) is 5.32 Å². The number of carboxylic acid groups (broad SMARTS) is 1. The number of nitrogens with one attached hydrogen (secondary N) is 1. The van der Waals surface area contributed by atoms with Crippen LogP contribution >= 0.6 is 0 Å². The molecule has 0 fully saturated rings. The van der Waals surface area contributed by atoms with Gasteiger partial charge < -0.3 is 15.2 Å². The molecule has 2 N–H and O–H groups in total. The number of carbonyl (C=O) groups is 2. The summed E-state index contributed by atoms with van der Waals surface area (Å²) >= 11 is 0. The lowest BCUT2D eigenvalue weighted by Crippen LogP contribution is -2.46. The maximum Gasteiger partial charge on any atom is 0.326 e. The molecule has 0 aliphatic rings. The molecule has 6 heteroatoms.